The van der Waals surface area contributed by atoms with Gasteiger partial charge in [0.25, 0.3) is 0 Å². The van der Waals surface area contributed by atoms with Gasteiger partial charge in [-0.05, 0) is 24.1 Å². The number of nitrogens with one attached hydrogen (secondary N) is 1. The Balaban J connectivity index is 2.26. The van der Waals surface area contributed by atoms with E-state index in [1.54, 1.807) is 37.5 Å². The third-order valence-corrected chi connectivity index (χ3v) is 4.00. The van der Waals surface area contributed by atoms with Crippen molar-refractivity contribution >= 4 is 12.1 Å². The van der Waals surface area contributed by atoms with Crippen LogP contribution in [0.25, 0.3) is 11.1 Å². The number of pyridine rings is 1. The van der Waals surface area contributed by atoms with Gasteiger partial charge >= 0.3 is 12.1 Å². The summed E-state index contributed by atoms with van der Waals surface area (Å²) in [6.45, 7) is 1.58. The van der Waals surface area contributed by atoms with Crippen LogP contribution in [0.1, 0.15) is 18.5 Å². The highest BCUT2D eigenvalue weighted by Gasteiger charge is 2.39. The molecule has 0 radical (unpaired) electrons. The molecule has 2 aromatic rings. The molecular weight excluding hydrogens is 320 g/mol. The molecule has 0 saturated carbocycles. The molecule has 1 aliphatic heterocycles. The molecule has 0 aliphatic carbocycles. The molecule has 3 amide bonds. The van der Waals surface area contributed by atoms with E-state index in [1.807, 2.05) is 24.3 Å². The lowest BCUT2D eigenvalue weighted by molar-refractivity contribution is 0.136. The molecule has 1 aromatic heterocycles. The molecule has 1 unspecified atom stereocenters. The third kappa shape index (κ3) is 2.81. The molecule has 0 fully saturated rings. The summed E-state index contributed by atoms with van der Waals surface area (Å²) in [6.07, 6.45) is 1.85. The quantitative estimate of drug-likeness (QED) is 0.876. The summed E-state index contributed by atoms with van der Waals surface area (Å²) >= 11 is 0. The summed E-state index contributed by atoms with van der Waals surface area (Å²) in [5.41, 5.74) is 2.55. The number of benzene rings is 1. The maximum absolute atomic E-state index is 12.2. The molecule has 1 aromatic carbocycles. The van der Waals surface area contributed by atoms with Gasteiger partial charge in [0, 0.05) is 23.7 Å². The van der Waals surface area contributed by atoms with Crippen molar-refractivity contribution in [1.82, 2.24) is 15.2 Å². The van der Waals surface area contributed by atoms with Gasteiger partial charge in [-0.25, -0.2) is 14.5 Å². The summed E-state index contributed by atoms with van der Waals surface area (Å²) in [5, 5.41) is 21.5. The zero-order valence-corrected chi connectivity index (χ0v) is 13.3. The Bertz CT molecular complexity index is 915. The number of nitrogens with zero attached hydrogens (tertiary/aromatic N) is 3. The van der Waals surface area contributed by atoms with E-state index < -0.39 is 18.2 Å². The van der Waals surface area contributed by atoms with Crippen molar-refractivity contribution in [1.29, 1.82) is 5.26 Å². The van der Waals surface area contributed by atoms with Gasteiger partial charge in [-0.15, -0.1) is 0 Å². The van der Waals surface area contributed by atoms with Gasteiger partial charge in [0.05, 0.1) is 11.6 Å². The number of hydrogen-bond donors (Lipinski definition) is 2. The number of amides is 3. The Labute approximate surface area is 143 Å². The summed E-state index contributed by atoms with van der Waals surface area (Å²) in [6, 6.07) is 10.9. The standard InChI is InChI=1S/C18H14N4O3/c1-11-15(9-19)16(22(18(24)25)17(23)21-11)14-7-3-2-6-13(14)12-5-4-8-20-10-12/h2-8,10,16H,1H3,(H,21,23)(H,24,25). The fourth-order valence-corrected chi connectivity index (χ4v) is 2.90. The highest BCUT2D eigenvalue weighted by molar-refractivity contribution is 5.94. The van der Waals surface area contributed by atoms with Crippen molar-refractivity contribution in [2.75, 3.05) is 0 Å². The van der Waals surface area contributed by atoms with Crippen molar-refractivity contribution in [3.63, 3.8) is 0 Å². The van der Waals surface area contributed by atoms with Gasteiger partial charge in [-0.3, -0.25) is 4.98 Å². The summed E-state index contributed by atoms with van der Waals surface area (Å²) < 4.78 is 0. The number of carbonyl (C=O) groups excluding carboxylic acids is 1. The van der Waals surface area contributed by atoms with Crippen molar-refractivity contribution in [2.24, 2.45) is 0 Å². The minimum atomic E-state index is -1.43. The number of carboxylic acid groups (broad SMARTS) is 1. The minimum Gasteiger partial charge on any atom is -0.465 e. The van der Waals surface area contributed by atoms with Gasteiger partial charge in [0.2, 0.25) is 0 Å². The summed E-state index contributed by atoms with van der Waals surface area (Å²) in [7, 11) is 0. The van der Waals surface area contributed by atoms with E-state index in [0.29, 0.717) is 21.7 Å². The molecule has 7 heteroatoms. The lowest BCUT2D eigenvalue weighted by atomic mass is 9.89. The second kappa shape index (κ2) is 6.45. The van der Waals surface area contributed by atoms with Crippen LogP contribution in [-0.2, 0) is 0 Å². The normalized spacial score (nSPS) is 17.0. The van der Waals surface area contributed by atoms with Crippen LogP contribution in [0.3, 0.4) is 0 Å². The fourth-order valence-electron chi connectivity index (χ4n) is 2.90. The second-order valence-electron chi connectivity index (χ2n) is 5.46. The van der Waals surface area contributed by atoms with Crippen LogP contribution in [0.15, 0.2) is 60.1 Å². The number of imide groups is 1. The fraction of sp³-hybridized carbons (Fsp3) is 0.111. The van der Waals surface area contributed by atoms with E-state index in [9.17, 15) is 20.0 Å². The number of rotatable bonds is 2. The highest BCUT2D eigenvalue weighted by Crippen LogP contribution is 2.38. The van der Waals surface area contributed by atoms with Crippen LogP contribution < -0.4 is 5.32 Å². The second-order valence-corrected chi connectivity index (χ2v) is 5.46. The Morgan fingerprint density at radius 2 is 2.08 bits per heavy atom. The van der Waals surface area contributed by atoms with Gasteiger partial charge in [0.15, 0.2) is 0 Å². The molecule has 0 saturated heterocycles. The highest BCUT2D eigenvalue weighted by atomic mass is 16.4. The molecule has 7 nitrogen and oxygen atoms in total. The van der Waals surface area contributed by atoms with Crippen molar-refractivity contribution in [3.8, 4) is 17.2 Å². The Kier molecular flexibility index (Phi) is 4.18. The van der Waals surface area contributed by atoms with Crippen molar-refractivity contribution < 1.29 is 14.7 Å². The molecule has 3 rings (SSSR count). The SMILES string of the molecule is CC1=C(C#N)C(c2ccccc2-c2cccnc2)N(C(=O)O)C(=O)N1. The third-order valence-electron chi connectivity index (χ3n) is 4.00. The first-order valence-corrected chi connectivity index (χ1v) is 7.48. The molecule has 25 heavy (non-hydrogen) atoms. The number of nitriles is 1. The van der Waals surface area contributed by atoms with Crippen LogP contribution in [0.4, 0.5) is 9.59 Å². The smallest absolute Gasteiger partial charge is 0.416 e. The van der Waals surface area contributed by atoms with Gasteiger partial charge in [-0.1, -0.05) is 30.3 Å². The predicted molar refractivity (Wildman–Crippen MR) is 89.1 cm³/mol. The maximum Gasteiger partial charge on any atom is 0.416 e. The number of carbonyl (C=O) groups is 2. The lowest BCUT2D eigenvalue weighted by Gasteiger charge is -2.34. The van der Waals surface area contributed by atoms with Crippen LogP contribution in [0.5, 0.6) is 0 Å². The van der Waals surface area contributed by atoms with Crippen LogP contribution >= 0.6 is 0 Å². The van der Waals surface area contributed by atoms with E-state index in [-0.39, 0.29) is 5.57 Å². The Hall–Kier alpha value is -3.66. The zero-order valence-electron chi connectivity index (χ0n) is 13.3. The number of aromatic nitrogens is 1. The Morgan fingerprint density at radius 3 is 2.72 bits per heavy atom. The first-order chi connectivity index (χ1) is 12.0. The minimum absolute atomic E-state index is 0.179. The largest absolute Gasteiger partial charge is 0.465 e. The van der Waals surface area contributed by atoms with Gasteiger partial charge in [0.1, 0.15) is 6.04 Å². The average Bonchev–Trinajstić information content (AvgIpc) is 2.61. The number of hydrogen-bond acceptors (Lipinski definition) is 4. The van der Waals surface area contributed by atoms with E-state index in [2.05, 4.69) is 10.3 Å². The predicted octanol–water partition coefficient (Wildman–Crippen LogP) is 3.29. The monoisotopic (exact) mass is 334 g/mol. The van der Waals surface area contributed by atoms with E-state index in [4.69, 9.17) is 0 Å². The maximum atomic E-state index is 12.2. The molecule has 0 spiro atoms. The topological polar surface area (TPSA) is 106 Å². The van der Waals surface area contributed by atoms with E-state index in [1.165, 1.54) is 0 Å². The molecule has 124 valence electrons. The molecule has 2 heterocycles. The Morgan fingerprint density at radius 1 is 1.32 bits per heavy atom. The van der Waals surface area contributed by atoms with Crippen molar-refractivity contribution in [3.05, 3.63) is 65.6 Å². The van der Waals surface area contributed by atoms with Crippen LogP contribution in [0, 0.1) is 11.3 Å². The molecular formula is C18H14N4O3. The van der Waals surface area contributed by atoms with Crippen LogP contribution in [0.2, 0.25) is 0 Å². The van der Waals surface area contributed by atoms with E-state index >= 15 is 0 Å². The van der Waals surface area contributed by atoms with Gasteiger partial charge < -0.3 is 10.4 Å². The zero-order chi connectivity index (χ0) is 18.0. The number of allylic oxidation sites excluding steroid dienone is 1. The lowest BCUT2D eigenvalue weighted by Crippen LogP contribution is -2.49. The average molecular weight is 334 g/mol. The molecule has 1 atom stereocenters. The van der Waals surface area contributed by atoms with Gasteiger partial charge in [-0.2, -0.15) is 5.26 Å². The molecule has 0 bridgehead atoms. The first kappa shape index (κ1) is 16.2. The summed E-state index contributed by atoms with van der Waals surface area (Å²) in [4.78, 5) is 28.6. The van der Waals surface area contributed by atoms with Crippen LogP contribution in [-0.4, -0.2) is 27.1 Å². The summed E-state index contributed by atoms with van der Waals surface area (Å²) in [5.74, 6) is 0. The molecule has 1 aliphatic rings. The molecule has 2 N–H and O–H groups in total. The van der Waals surface area contributed by atoms with Crippen molar-refractivity contribution in [2.45, 2.75) is 13.0 Å². The number of urea groups is 1. The first-order valence-electron chi connectivity index (χ1n) is 7.48. The van der Waals surface area contributed by atoms with E-state index in [0.717, 1.165) is 5.56 Å².